The van der Waals surface area contributed by atoms with E-state index in [0.717, 1.165) is 31.5 Å². The zero-order valence-corrected chi connectivity index (χ0v) is 20.8. The largest absolute Gasteiger partial charge is 0.353 e. The number of halogens is 1. The van der Waals surface area contributed by atoms with Crippen LogP contribution in [0.2, 0.25) is 0 Å². The fraction of sp³-hybridized carbons (Fsp3) is 0.462. The molecule has 0 saturated carbocycles. The van der Waals surface area contributed by atoms with Gasteiger partial charge in [0.05, 0.1) is 35.7 Å². The van der Waals surface area contributed by atoms with Crippen molar-refractivity contribution in [3.63, 3.8) is 0 Å². The lowest BCUT2D eigenvalue weighted by atomic mass is 9.90. The highest BCUT2D eigenvalue weighted by molar-refractivity contribution is 5.83. The van der Waals surface area contributed by atoms with Gasteiger partial charge in [0, 0.05) is 30.9 Å². The highest BCUT2D eigenvalue weighted by Gasteiger charge is 2.41. The third-order valence-corrected chi connectivity index (χ3v) is 6.43. The highest BCUT2D eigenvalue weighted by Crippen LogP contribution is 2.36. The van der Waals surface area contributed by atoms with Crippen LogP contribution in [0.3, 0.4) is 0 Å². The van der Waals surface area contributed by atoms with E-state index in [9.17, 15) is 9.18 Å². The van der Waals surface area contributed by atoms with Crippen molar-refractivity contribution in [1.82, 2.24) is 25.3 Å². The number of hydrogen-bond donors (Lipinski definition) is 2. The molecule has 2 fully saturated rings. The molecule has 10 heteroatoms. The minimum atomic E-state index is -0.798. The maximum Gasteiger partial charge on any atom is 0.230 e. The molecule has 5 rings (SSSR count). The molecule has 4 heterocycles. The zero-order valence-electron chi connectivity index (χ0n) is 20.8. The van der Waals surface area contributed by atoms with E-state index in [0.29, 0.717) is 28.9 Å². The van der Waals surface area contributed by atoms with E-state index in [1.165, 1.54) is 12.1 Å². The monoisotopic (exact) mass is 494 g/mol. The molecule has 1 amide bonds. The quantitative estimate of drug-likeness (QED) is 0.536. The topological polar surface area (TPSA) is 105 Å². The Hall–Kier alpha value is -3.37. The third-order valence-electron chi connectivity index (χ3n) is 6.43. The summed E-state index contributed by atoms with van der Waals surface area (Å²) >= 11 is 0. The second kappa shape index (κ2) is 9.94. The molecule has 1 aromatic carbocycles. The van der Waals surface area contributed by atoms with E-state index in [1.807, 2.05) is 26.8 Å². The van der Waals surface area contributed by atoms with E-state index >= 15 is 0 Å². The van der Waals surface area contributed by atoms with Crippen LogP contribution >= 0.6 is 0 Å². The fourth-order valence-electron chi connectivity index (χ4n) is 4.40. The molecule has 0 radical (unpaired) electrons. The number of imidazole rings is 1. The van der Waals surface area contributed by atoms with Gasteiger partial charge in [-0.25, -0.2) is 19.3 Å². The van der Waals surface area contributed by atoms with Crippen molar-refractivity contribution in [2.45, 2.75) is 45.9 Å². The summed E-state index contributed by atoms with van der Waals surface area (Å²) in [5, 5.41) is 2.93. The molecule has 2 saturated heterocycles. The Balaban J connectivity index is 1.45. The number of nitrogens with zero attached hydrogens (tertiary/aromatic N) is 4. The molecule has 3 aromatic rings. The second-order valence-electron chi connectivity index (χ2n) is 9.93. The number of anilines is 1. The minimum Gasteiger partial charge on any atom is -0.353 e. The Bertz CT molecular complexity index is 1210. The molecule has 0 bridgehead atoms. The average Bonchev–Trinajstić information content (AvgIpc) is 3.56. The summed E-state index contributed by atoms with van der Waals surface area (Å²) < 4.78 is 25.6. The standard InChI is InChI=1S/C26H31FN6O3/c1-16(2)29-24(34)26(3)14-35-23(36-15-26)22-31-20(17-6-8-18(27)9-7-17)21(32-22)19-10-11-28-25(30-19)33-12-4-5-13-33/h6-11,16,23H,4-5,12-15H2,1-3H3,(H,29,34)(H,31,32). The van der Waals surface area contributed by atoms with Crippen LogP contribution in [-0.4, -0.2) is 58.2 Å². The number of H-pyrrole nitrogens is 1. The van der Waals surface area contributed by atoms with E-state index in [4.69, 9.17) is 19.4 Å². The minimum absolute atomic E-state index is 0.0243. The van der Waals surface area contributed by atoms with Crippen molar-refractivity contribution in [2.75, 3.05) is 31.2 Å². The lowest BCUT2D eigenvalue weighted by Crippen LogP contribution is -2.50. The summed E-state index contributed by atoms with van der Waals surface area (Å²) in [4.78, 5) is 32.1. The van der Waals surface area contributed by atoms with E-state index in [-0.39, 0.29) is 31.0 Å². The van der Waals surface area contributed by atoms with E-state index in [1.54, 1.807) is 18.3 Å². The van der Waals surface area contributed by atoms with E-state index < -0.39 is 11.7 Å². The number of hydrogen-bond acceptors (Lipinski definition) is 7. The first-order valence-corrected chi connectivity index (χ1v) is 12.3. The second-order valence-corrected chi connectivity index (χ2v) is 9.93. The smallest absolute Gasteiger partial charge is 0.230 e. The van der Waals surface area contributed by atoms with Gasteiger partial charge in [0.15, 0.2) is 5.82 Å². The summed E-state index contributed by atoms with van der Waals surface area (Å²) in [5.74, 6) is 0.686. The summed E-state index contributed by atoms with van der Waals surface area (Å²) in [6, 6.07) is 8.00. The normalized spacial score (nSPS) is 22.2. The number of aromatic nitrogens is 4. The van der Waals surface area contributed by atoms with Crippen LogP contribution < -0.4 is 10.2 Å². The molecule has 2 N–H and O–H groups in total. The van der Waals surface area contributed by atoms with Gasteiger partial charge in [-0.1, -0.05) is 0 Å². The molecular formula is C26H31FN6O3. The van der Waals surface area contributed by atoms with Gasteiger partial charge in [0.2, 0.25) is 18.1 Å². The predicted molar refractivity (Wildman–Crippen MR) is 132 cm³/mol. The van der Waals surface area contributed by atoms with Crippen molar-refractivity contribution in [3.8, 4) is 22.6 Å². The summed E-state index contributed by atoms with van der Waals surface area (Å²) in [6.07, 6.45) is 3.19. The van der Waals surface area contributed by atoms with Gasteiger partial charge in [0.1, 0.15) is 5.82 Å². The van der Waals surface area contributed by atoms with Gasteiger partial charge < -0.3 is 24.7 Å². The van der Waals surface area contributed by atoms with Crippen molar-refractivity contribution >= 4 is 11.9 Å². The SMILES string of the molecule is CC(C)NC(=O)C1(C)COC(c2nc(-c3ccc(F)cc3)c(-c3ccnc(N4CCCC4)n3)[nH]2)OC1. The molecular weight excluding hydrogens is 463 g/mol. The van der Waals surface area contributed by atoms with Crippen molar-refractivity contribution in [3.05, 3.63) is 48.2 Å². The number of rotatable bonds is 6. The Morgan fingerprint density at radius 2 is 1.83 bits per heavy atom. The number of nitrogens with one attached hydrogen (secondary N) is 2. The number of ether oxygens (including phenoxy) is 2. The van der Waals surface area contributed by atoms with Gasteiger partial charge >= 0.3 is 0 Å². The molecule has 0 atom stereocenters. The first-order chi connectivity index (χ1) is 17.3. The number of aromatic amines is 1. The number of carbonyl (C=O) groups excluding carboxylic acids is 1. The Morgan fingerprint density at radius 1 is 1.14 bits per heavy atom. The van der Waals surface area contributed by atoms with Crippen LogP contribution in [0.4, 0.5) is 10.3 Å². The molecule has 0 aliphatic carbocycles. The highest BCUT2D eigenvalue weighted by atomic mass is 19.1. The molecule has 36 heavy (non-hydrogen) atoms. The molecule has 2 aromatic heterocycles. The molecule has 190 valence electrons. The van der Waals surface area contributed by atoms with Crippen molar-refractivity contribution < 1.29 is 18.7 Å². The van der Waals surface area contributed by atoms with Crippen LogP contribution in [0.25, 0.3) is 22.6 Å². The Kier molecular flexibility index (Phi) is 6.72. The van der Waals surface area contributed by atoms with E-state index in [2.05, 4.69) is 20.2 Å². The number of benzene rings is 1. The first-order valence-electron chi connectivity index (χ1n) is 12.3. The summed E-state index contributed by atoms with van der Waals surface area (Å²) in [6.45, 7) is 7.87. The Labute approximate surface area is 209 Å². The van der Waals surface area contributed by atoms with Gasteiger partial charge in [-0.15, -0.1) is 0 Å². The molecule has 0 unspecified atom stereocenters. The van der Waals surface area contributed by atoms with Gasteiger partial charge in [-0.3, -0.25) is 4.79 Å². The average molecular weight is 495 g/mol. The molecule has 0 spiro atoms. The maximum absolute atomic E-state index is 13.6. The third kappa shape index (κ3) is 4.96. The maximum atomic E-state index is 13.6. The van der Waals surface area contributed by atoms with Crippen LogP contribution in [0.5, 0.6) is 0 Å². The lowest BCUT2D eigenvalue weighted by Gasteiger charge is -2.35. The Morgan fingerprint density at radius 3 is 2.50 bits per heavy atom. The van der Waals surface area contributed by atoms with Crippen LogP contribution in [-0.2, 0) is 14.3 Å². The fourth-order valence-corrected chi connectivity index (χ4v) is 4.40. The van der Waals surface area contributed by atoms with Gasteiger partial charge in [-0.2, -0.15) is 0 Å². The number of carbonyl (C=O) groups is 1. The first kappa shape index (κ1) is 24.3. The number of amides is 1. The predicted octanol–water partition coefficient (Wildman–Crippen LogP) is 3.85. The van der Waals surface area contributed by atoms with Crippen LogP contribution in [0.1, 0.15) is 45.7 Å². The molecule has 9 nitrogen and oxygen atoms in total. The van der Waals surface area contributed by atoms with Crippen LogP contribution in [0.15, 0.2) is 36.5 Å². The van der Waals surface area contributed by atoms with Crippen LogP contribution in [0, 0.1) is 11.2 Å². The van der Waals surface area contributed by atoms with Gasteiger partial charge in [0.25, 0.3) is 0 Å². The zero-order chi connectivity index (χ0) is 25.3. The van der Waals surface area contributed by atoms with Crippen molar-refractivity contribution in [1.29, 1.82) is 0 Å². The lowest BCUT2D eigenvalue weighted by molar-refractivity contribution is -0.231. The molecule has 2 aliphatic rings. The summed E-state index contributed by atoms with van der Waals surface area (Å²) in [5.41, 5.74) is 1.87. The van der Waals surface area contributed by atoms with Crippen molar-refractivity contribution in [2.24, 2.45) is 5.41 Å². The van der Waals surface area contributed by atoms with Gasteiger partial charge in [-0.05, 0) is 63.9 Å². The summed E-state index contributed by atoms with van der Waals surface area (Å²) in [7, 11) is 0. The molecule has 2 aliphatic heterocycles.